The van der Waals surface area contributed by atoms with E-state index in [-0.39, 0.29) is 0 Å². The summed E-state index contributed by atoms with van der Waals surface area (Å²) in [5, 5.41) is 9.69. The Kier molecular flexibility index (Phi) is 3.75. The van der Waals surface area contributed by atoms with E-state index >= 15 is 0 Å². The van der Waals surface area contributed by atoms with Crippen LogP contribution in [0.3, 0.4) is 0 Å². The van der Waals surface area contributed by atoms with Gasteiger partial charge in [0.15, 0.2) is 0 Å². The summed E-state index contributed by atoms with van der Waals surface area (Å²) in [7, 11) is 0. The van der Waals surface area contributed by atoms with Gasteiger partial charge in [0.2, 0.25) is 0 Å². The molecule has 2 aromatic rings. The second-order valence-electron chi connectivity index (χ2n) is 2.69. The van der Waals surface area contributed by atoms with E-state index < -0.39 is 0 Å². The van der Waals surface area contributed by atoms with Crippen molar-refractivity contribution in [1.29, 1.82) is 5.26 Å². The molecule has 0 aliphatic carbocycles. The van der Waals surface area contributed by atoms with Gasteiger partial charge in [-0.2, -0.15) is 5.26 Å². The van der Waals surface area contributed by atoms with E-state index in [2.05, 4.69) is 11.1 Å². The minimum Gasteiger partial charge on any atom is -0.361 e. The Bertz CT molecular complexity index is 435. The summed E-state index contributed by atoms with van der Waals surface area (Å²) in [6.45, 7) is 4.00. The molecule has 0 aliphatic rings. The van der Waals surface area contributed by atoms with Crippen molar-refractivity contribution in [3.8, 4) is 6.07 Å². The first-order chi connectivity index (χ1) is 6.92. The first-order valence-corrected chi connectivity index (χ1v) is 4.84. The number of para-hydroxylation sites is 1. The predicted molar refractivity (Wildman–Crippen MR) is 59.0 cm³/mol. The number of rotatable bonds is 1. The van der Waals surface area contributed by atoms with Crippen LogP contribution in [0.2, 0.25) is 0 Å². The van der Waals surface area contributed by atoms with Gasteiger partial charge in [0.1, 0.15) is 0 Å². The van der Waals surface area contributed by atoms with Crippen LogP contribution in [0.5, 0.6) is 0 Å². The van der Waals surface area contributed by atoms with E-state index in [1.807, 2.05) is 44.3 Å². The number of nitrogens with zero attached hydrogens (tertiary/aromatic N) is 1. The number of hydrogen-bond donors (Lipinski definition) is 1. The van der Waals surface area contributed by atoms with Gasteiger partial charge in [0, 0.05) is 17.1 Å². The standard InChI is InChI=1S/C10H8N2.C2H6/c11-6-5-8-7-12-10-4-2-1-3-9(8)10;1-2/h1-4,7,12H,5H2;1-2H3. The highest BCUT2D eigenvalue weighted by molar-refractivity contribution is 5.83. The lowest BCUT2D eigenvalue weighted by atomic mass is 10.1. The minimum absolute atomic E-state index is 0.476. The van der Waals surface area contributed by atoms with Gasteiger partial charge in [-0.05, 0) is 11.6 Å². The summed E-state index contributed by atoms with van der Waals surface area (Å²) in [6, 6.07) is 10.1. The van der Waals surface area contributed by atoms with Gasteiger partial charge < -0.3 is 4.98 Å². The molecule has 0 bridgehead atoms. The molecule has 2 rings (SSSR count). The number of nitriles is 1. The molecular weight excluding hydrogens is 172 g/mol. The number of aromatic nitrogens is 1. The molecular formula is C12H14N2. The molecule has 0 spiro atoms. The van der Waals surface area contributed by atoms with Crippen molar-refractivity contribution < 1.29 is 0 Å². The number of nitrogens with one attached hydrogen (secondary N) is 1. The van der Waals surface area contributed by atoms with E-state index in [0.717, 1.165) is 16.5 Å². The van der Waals surface area contributed by atoms with Crippen molar-refractivity contribution in [2.24, 2.45) is 0 Å². The van der Waals surface area contributed by atoms with Gasteiger partial charge in [0.25, 0.3) is 0 Å². The number of aromatic amines is 1. The van der Waals surface area contributed by atoms with Crippen LogP contribution in [0, 0.1) is 11.3 Å². The zero-order chi connectivity index (χ0) is 10.4. The summed E-state index contributed by atoms with van der Waals surface area (Å²) >= 11 is 0. The lowest BCUT2D eigenvalue weighted by Crippen LogP contribution is -1.75. The van der Waals surface area contributed by atoms with Crippen molar-refractivity contribution in [1.82, 2.24) is 4.98 Å². The van der Waals surface area contributed by atoms with E-state index in [1.54, 1.807) is 0 Å². The van der Waals surface area contributed by atoms with Crippen molar-refractivity contribution in [3.63, 3.8) is 0 Å². The Labute approximate surface area is 84.2 Å². The second kappa shape index (κ2) is 5.08. The molecule has 0 aliphatic heterocycles. The third-order valence-corrected chi connectivity index (χ3v) is 1.94. The maximum Gasteiger partial charge on any atom is 0.0670 e. The Morgan fingerprint density at radius 3 is 2.71 bits per heavy atom. The molecule has 2 heteroatoms. The molecule has 0 radical (unpaired) electrons. The maximum absolute atomic E-state index is 8.53. The molecule has 2 nitrogen and oxygen atoms in total. The van der Waals surface area contributed by atoms with Crippen LogP contribution in [-0.2, 0) is 6.42 Å². The monoisotopic (exact) mass is 186 g/mol. The molecule has 0 unspecified atom stereocenters. The summed E-state index contributed by atoms with van der Waals surface area (Å²) in [4.78, 5) is 3.12. The molecule has 0 saturated carbocycles. The SMILES string of the molecule is CC.N#CCc1c[nH]c2ccccc12. The number of benzene rings is 1. The quantitative estimate of drug-likeness (QED) is 0.729. The lowest BCUT2D eigenvalue weighted by Gasteiger charge is -1.89. The first kappa shape index (κ1) is 10.3. The Morgan fingerprint density at radius 2 is 2.00 bits per heavy atom. The van der Waals surface area contributed by atoms with Crippen LogP contribution in [0.15, 0.2) is 30.5 Å². The van der Waals surface area contributed by atoms with Crippen LogP contribution < -0.4 is 0 Å². The van der Waals surface area contributed by atoms with Crippen LogP contribution in [-0.4, -0.2) is 4.98 Å². The summed E-state index contributed by atoms with van der Waals surface area (Å²) in [5.74, 6) is 0. The average molecular weight is 186 g/mol. The topological polar surface area (TPSA) is 39.6 Å². The Morgan fingerprint density at radius 1 is 1.29 bits per heavy atom. The summed E-state index contributed by atoms with van der Waals surface area (Å²) in [6.07, 6.45) is 2.37. The first-order valence-electron chi connectivity index (χ1n) is 4.84. The third-order valence-electron chi connectivity index (χ3n) is 1.94. The van der Waals surface area contributed by atoms with E-state index in [0.29, 0.717) is 6.42 Å². The van der Waals surface area contributed by atoms with Crippen LogP contribution in [0.4, 0.5) is 0 Å². The molecule has 0 amide bonds. The van der Waals surface area contributed by atoms with Gasteiger partial charge in [-0.15, -0.1) is 0 Å². The molecule has 0 atom stereocenters. The molecule has 72 valence electrons. The predicted octanol–water partition coefficient (Wildman–Crippen LogP) is 3.26. The fourth-order valence-electron chi connectivity index (χ4n) is 1.36. The number of H-pyrrole nitrogens is 1. The molecule has 1 N–H and O–H groups in total. The Balaban J connectivity index is 0.000000461. The van der Waals surface area contributed by atoms with Gasteiger partial charge in [-0.25, -0.2) is 0 Å². The summed E-state index contributed by atoms with van der Waals surface area (Å²) in [5.41, 5.74) is 2.18. The normalized spacial score (nSPS) is 8.93. The Hall–Kier alpha value is -1.75. The fourth-order valence-corrected chi connectivity index (χ4v) is 1.36. The minimum atomic E-state index is 0.476. The molecule has 0 fully saturated rings. The number of hydrogen-bond acceptors (Lipinski definition) is 1. The summed E-state index contributed by atoms with van der Waals surface area (Å²) < 4.78 is 0. The smallest absolute Gasteiger partial charge is 0.0670 e. The molecule has 1 aromatic heterocycles. The fraction of sp³-hybridized carbons (Fsp3) is 0.250. The van der Waals surface area contributed by atoms with E-state index in [9.17, 15) is 0 Å². The zero-order valence-corrected chi connectivity index (χ0v) is 8.54. The van der Waals surface area contributed by atoms with Gasteiger partial charge >= 0.3 is 0 Å². The highest BCUT2D eigenvalue weighted by Crippen LogP contribution is 2.17. The average Bonchev–Trinajstić information content (AvgIpc) is 2.66. The van der Waals surface area contributed by atoms with Crippen LogP contribution in [0.25, 0.3) is 10.9 Å². The highest BCUT2D eigenvalue weighted by Gasteiger charge is 2.00. The van der Waals surface area contributed by atoms with Gasteiger partial charge in [-0.1, -0.05) is 32.0 Å². The molecule has 1 aromatic carbocycles. The van der Waals surface area contributed by atoms with Crippen LogP contribution >= 0.6 is 0 Å². The van der Waals surface area contributed by atoms with Gasteiger partial charge in [-0.3, -0.25) is 0 Å². The largest absolute Gasteiger partial charge is 0.361 e. The molecule has 1 heterocycles. The van der Waals surface area contributed by atoms with Crippen molar-refractivity contribution in [2.75, 3.05) is 0 Å². The molecule has 0 saturated heterocycles. The highest BCUT2D eigenvalue weighted by atomic mass is 14.7. The van der Waals surface area contributed by atoms with Crippen LogP contribution in [0.1, 0.15) is 19.4 Å². The van der Waals surface area contributed by atoms with E-state index in [4.69, 9.17) is 5.26 Å². The van der Waals surface area contributed by atoms with E-state index in [1.165, 1.54) is 0 Å². The maximum atomic E-state index is 8.53. The van der Waals surface area contributed by atoms with Crippen molar-refractivity contribution in [2.45, 2.75) is 20.3 Å². The lowest BCUT2D eigenvalue weighted by molar-refractivity contribution is 1.28. The third kappa shape index (κ3) is 1.94. The van der Waals surface area contributed by atoms with Crippen molar-refractivity contribution >= 4 is 10.9 Å². The van der Waals surface area contributed by atoms with Crippen molar-refractivity contribution in [3.05, 3.63) is 36.0 Å². The zero-order valence-electron chi connectivity index (χ0n) is 8.54. The van der Waals surface area contributed by atoms with Gasteiger partial charge in [0.05, 0.1) is 12.5 Å². The second-order valence-corrected chi connectivity index (χ2v) is 2.69. The number of fused-ring (bicyclic) bond motifs is 1. The molecule has 14 heavy (non-hydrogen) atoms.